The predicted molar refractivity (Wildman–Crippen MR) is 99.2 cm³/mol. The summed E-state index contributed by atoms with van der Waals surface area (Å²) in [5.74, 6) is 1.44. The van der Waals surface area contributed by atoms with E-state index in [4.69, 9.17) is 16.6 Å². The van der Waals surface area contributed by atoms with E-state index in [-0.39, 0.29) is 11.4 Å². The zero-order valence-electron chi connectivity index (χ0n) is 14.2. The fourth-order valence-corrected chi connectivity index (χ4v) is 2.42. The molecule has 0 aliphatic heterocycles. The first-order valence-electron chi connectivity index (χ1n) is 7.84. The van der Waals surface area contributed by atoms with Crippen molar-refractivity contribution in [1.82, 2.24) is 16.2 Å². The molecule has 0 spiro atoms. The first-order valence-corrected chi connectivity index (χ1v) is 8.25. The van der Waals surface area contributed by atoms with Gasteiger partial charge in [0.2, 0.25) is 5.91 Å². The molecule has 24 heavy (non-hydrogen) atoms. The maximum atomic E-state index is 11.9. The number of furan rings is 1. The van der Waals surface area contributed by atoms with Crippen LogP contribution in [0.1, 0.15) is 33.0 Å². The molecule has 0 aliphatic carbocycles. The molecule has 1 aromatic heterocycles. The van der Waals surface area contributed by atoms with Crippen LogP contribution in [0.15, 0.2) is 46.9 Å². The first kappa shape index (κ1) is 18.0. The molecule has 2 rings (SSSR count). The van der Waals surface area contributed by atoms with Crippen LogP contribution in [-0.2, 0) is 11.2 Å². The molecular weight excluding hydrogens is 322 g/mol. The van der Waals surface area contributed by atoms with Crippen molar-refractivity contribution in [3.05, 3.63) is 48.2 Å². The van der Waals surface area contributed by atoms with Crippen LogP contribution in [-0.4, -0.2) is 16.6 Å². The number of aryl methyl sites for hydroxylation is 1. The van der Waals surface area contributed by atoms with Gasteiger partial charge in [-0.05, 0) is 45.1 Å². The van der Waals surface area contributed by atoms with Crippen molar-refractivity contribution >= 4 is 23.2 Å². The minimum absolute atomic E-state index is 0.147. The van der Waals surface area contributed by atoms with E-state index in [0.29, 0.717) is 18.0 Å². The van der Waals surface area contributed by atoms with Gasteiger partial charge in [0.15, 0.2) is 5.11 Å². The van der Waals surface area contributed by atoms with Gasteiger partial charge in [0.25, 0.3) is 0 Å². The Morgan fingerprint density at radius 1 is 1.08 bits per heavy atom. The second-order valence-corrected chi connectivity index (χ2v) is 6.92. The molecule has 1 aromatic carbocycles. The van der Waals surface area contributed by atoms with Crippen LogP contribution in [0.3, 0.4) is 0 Å². The summed E-state index contributed by atoms with van der Waals surface area (Å²) in [6.45, 7) is 5.97. The highest BCUT2D eigenvalue weighted by atomic mass is 32.1. The monoisotopic (exact) mass is 345 g/mol. The zero-order valence-corrected chi connectivity index (χ0v) is 15.0. The number of carbonyl (C=O) groups is 1. The number of hydrazine groups is 1. The van der Waals surface area contributed by atoms with Crippen molar-refractivity contribution < 1.29 is 9.21 Å². The first-order chi connectivity index (χ1) is 11.3. The lowest BCUT2D eigenvalue weighted by atomic mass is 10.1. The normalized spacial score (nSPS) is 11.0. The Kier molecular flexibility index (Phi) is 5.98. The van der Waals surface area contributed by atoms with Gasteiger partial charge in [-0.25, -0.2) is 0 Å². The molecular formula is C18H23N3O2S. The van der Waals surface area contributed by atoms with E-state index in [2.05, 4.69) is 16.2 Å². The highest BCUT2D eigenvalue weighted by Gasteiger charge is 2.12. The Balaban J connectivity index is 1.76. The molecule has 0 radical (unpaired) electrons. The van der Waals surface area contributed by atoms with Crippen molar-refractivity contribution in [2.45, 2.75) is 39.2 Å². The smallest absolute Gasteiger partial charge is 0.238 e. The number of nitrogens with one attached hydrogen (secondary N) is 3. The molecule has 128 valence electrons. The lowest BCUT2D eigenvalue weighted by Crippen LogP contribution is -2.52. The van der Waals surface area contributed by atoms with Crippen molar-refractivity contribution in [3.63, 3.8) is 0 Å². The van der Waals surface area contributed by atoms with Crippen molar-refractivity contribution in [1.29, 1.82) is 0 Å². The number of hydrogen-bond acceptors (Lipinski definition) is 3. The Hall–Kier alpha value is -2.34. The Bertz CT molecular complexity index is 690. The highest BCUT2D eigenvalue weighted by molar-refractivity contribution is 7.80. The van der Waals surface area contributed by atoms with Crippen molar-refractivity contribution in [3.8, 4) is 11.3 Å². The zero-order chi connectivity index (χ0) is 17.6. The van der Waals surface area contributed by atoms with Gasteiger partial charge < -0.3 is 9.73 Å². The van der Waals surface area contributed by atoms with Crippen LogP contribution in [0.2, 0.25) is 0 Å². The molecule has 0 unspecified atom stereocenters. The predicted octanol–water partition coefficient (Wildman–Crippen LogP) is 3.17. The summed E-state index contributed by atoms with van der Waals surface area (Å²) in [6, 6.07) is 13.7. The maximum Gasteiger partial charge on any atom is 0.238 e. The number of benzene rings is 1. The Morgan fingerprint density at radius 3 is 2.46 bits per heavy atom. The van der Waals surface area contributed by atoms with Crippen LogP contribution in [0, 0.1) is 0 Å². The number of hydrogen-bond donors (Lipinski definition) is 3. The van der Waals surface area contributed by atoms with Crippen LogP contribution in [0.5, 0.6) is 0 Å². The quantitative estimate of drug-likeness (QED) is 0.587. The average molecular weight is 345 g/mol. The van der Waals surface area contributed by atoms with Gasteiger partial charge >= 0.3 is 0 Å². The number of carbonyl (C=O) groups excluding carboxylic acids is 1. The summed E-state index contributed by atoms with van der Waals surface area (Å²) in [5, 5.41) is 3.45. The van der Waals surface area contributed by atoms with Crippen LogP contribution >= 0.6 is 12.2 Å². The second kappa shape index (κ2) is 7.97. The van der Waals surface area contributed by atoms with Gasteiger partial charge in [0.05, 0.1) is 0 Å². The van der Waals surface area contributed by atoms with E-state index in [1.165, 1.54) is 0 Å². The number of amides is 1. The summed E-state index contributed by atoms with van der Waals surface area (Å²) < 4.78 is 5.77. The summed E-state index contributed by atoms with van der Waals surface area (Å²) in [6.07, 6.45) is 0.840. The molecule has 5 nitrogen and oxygen atoms in total. The largest absolute Gasteiger partial charge is 0.461 e. The number of rotatable bonds is 4. The summed E-state index contributed by atoms with van der Waals surface area (Å²) >= 11 is 5.10. The van der Waals surface area contributed by atoms with Crippen LogP contribution in [0.4, 0.5) is 0 Å². The molecule has 3 N–H and O–H groups in total. The molecule has 0 aliphatic rings. The fraction of sp³-hybridized carbons (Fsp3) is 0.333. The molecule has 0 saturated carbocycles. The third-order valence-corrected chi connectivity index (χ3v) is 3.33. The Morgan fingerprint density at radius 2 is 1.79 bits per heavy atom. The SMILES string of the molecule is CC(C)(C)NC(=S)NNC(=O)CCc1ccc(-c2ccccc2)o1. The molecule has 0 bridgehead atoms. The molecule has 0 fully saturated rings. The highest BCUT2D eigenvalue weighted by Crippen LogP contribution is 2.22. The van der Waals surface area contributed by atoms with E-state index < -0.39 is 0 Å². The molecule has 0 saturated heterocycles. The minimum atomic E-state index is -0.156. The van der Waals surface area contributed by atoms with E-state index in [0.717, 1.165) is 17.1 Å². The fourth-order valence-electron chi connectivity index (χ4n) is 2.07. The van der Waals surface area contributed by atoms with Gasteiger partial charge in [-0.15, -0.1) is 0 Å². The molecule has 1 heterocycles. The van der Waals surface area contributed by atoms with Crippen molar-refractivity contribution in [2.24, 2.45) is 0 Å². The van der Waals surface area contributed by atoms with E-state index in [1.807, 2.05) is 63.2 Å². The van der Waals surface area contributed by atoms with Gasteiger partial charge in [0, 0.05) is 23.9 Å². The van der Waals surface area contributed by atoms with Gasteiger partial charge in [-0.3, -0.25) is 15.6 Å². The van der Waals surface area contributed by atoms with E-state index in [1.54, 1.807) is 0 Å². The third kappa shape index (κ3) is 6.04. The van der Waals surface area contributed by atoms with Gasteiger partial charge in [-0.1, -0.05) is 30.3 Å². The topological polar surface area (TPSA) is 66.3 Å². The number of thiocarbonyl (C=S) groups is 1. The Labute approximate surface area is 147 Å². The lowest BCUT2D eigenvalue weighted by molar-refractivity contribution is -0.121. The van der Waals surface area contributed by atoms with Crippen molar-refractivity contribution in [2.75, 3.05) is 0 Å². The summed E-state index contributed by atoms with van der Waals surface area (Å²) in [7, 11) is 0. The summed E-state index contributed by atoms with van der Waals surface area (Å²) in [4.78, 5) is 11.9. The molecule has 2 aromatic rings. The second-order valence-electron chi connectivity index (χ2n) is 6.51. The molecule has 0 atom stereocenters. The minimum Gasteiger partial charge on any atom is -0.461 e. The van der Waals surface area contributed by atoms with Gasteiger partial charge in [-0.2, -0.15) is 0 Å². The van der Waals surface area contributed by atoms with Crippen LogP contribution < -0.4 is 16.2 Å². The molecule has 1 amide bonds. The van der Waals surface area contributed by atoms with Gasteiger partial charge in [0.1, 0.15) is 11.5 Å². The maximum absolute atomic E-state index is 11.9. The summed E-state index contributed by atoms with van der Waals surface area (Å²) in [5.41, 5.74) is 6.14. The average Bonchev–Trinajstić information content (AvgIpc) is 2.99. The van der Waals surface area contributed by atoms with E-state index in [9.17, 15) is 4.79 Å². The van der Waals surface area contributed by atoms with Crippen LogP contribution in [0.25, 0.3) is 11.3 Å². The standard InChI is InChI=1S/C18H23N3O2S/c1-18(2,3)19-17(24)21-20-16(22)12-10-14-9-11-15(23-14)13-7-5-4-6-8-13/h4-9,11H,10,12H2,1-3H3,(H,20,22)(H2,19,21,24). The van der Waals surface area contributed by atoms with E-state index >= 15 is 0 Å². The third-order valence-electron chi connectivity index (χ3n) is 3.12. The lowest BCUT2D eigenvalue weighted by Gasteiger charge is -2.23. The molecule has 6 heteroatoms.